The molecular weight excluding hydrogens is 200 g/mol. The van der Waals surface area contributed by atoms with Crippen molar-refractivity contribution < 1.29 is 4.79 Å². The standard InChI is InChI=1S/C10H15N.C3H7NO/c1-8(2)11-10-7-5-4-6-9(10)3;1-2-3(4)5/h4-8,11H,1-3H3;2H2,1H3,(H2,4,5). The van der Waals surface area contributed by atoms with Crippen molar-refractivity contribution in [2.45, 2.75) is 40.2 Å². The SMILES string of the molecule is CCC(N)=O.Cc1ccccc1NC(C)C. The minimum atomic E-state index is -0.245. The first kappa shape index (κ1) is 14.5. The molecule has 0 saturated heterocycles. The highest BCUT2D eigenvalue weighted by Gasteiger charge is 1.96. The van der Waals surface area contributed by atoms with E-state index in [1.807, 2.05) is 0 Å². The normalized spacial score (nSPS) is 9.31. The zero-order valence-electron chi connectivity index (χ0n) is 10.6. The largest absolute Gasteiger partial charge is 0.383 e. The van der Waals surface area contributed by atoms with Crippen LogP contribution in [0.25, 0.3) is 0 Å². The maximum atomic E-state index is 9.59. The van der Waals surface area contributed by atoms with E-state index in [1.165, 1.54) is 11.3 Å². The lowest BCUT2D eigenvalue weighted by Gasteiger charge is -2.11. The van der Waals surface area contributed by atoms with Gasteiger partial charge in [-0.15, -0.1) is 0 Å². The fourth-order valence-corrected chi connectivity index (χ4v) is 1.05. The van der Waals surface area contributed by atoms with E-state index in [1.54, 1.807) is 6.92 Å². The Balaban J connectivity index is 0.000000385. The lowest BCUT2D eigenvalue weighted by Crippen LogP contribution is -2.10. The summed E-state index contributed by atoms with van der Waals surface area (Å²) in [6.45, 7) is 8.13. The number of para-hydroxylation sites is 1. The molecule has 1 aromatic rings. The number of nitrogens with two attached hydrogens (primary N) is 1. The lowest BCUT2D eigenvalue weighted by molar-refractivity contribution is -0.117. The highest BCUT2D eigenvalue weighted by molar-refractivity contribution is 5.73. The van der Waals surface area contributed by atoms with Crippen LogP contribution >= 0.6 is 0 Å². The third-order valence-corrected chi connectivity index (χ3v) is 1.94. The van der Waals surface area contributed by atoms with Crippen molar-refractivity contribution in [3.63, 3.8) is 0 Å². The average molecular weight is 222 g/mol. The van der Waals surface area contributed by atoms with Gasteiger partial charge in [-0.2, -0.15) is 0 Å². The molecule has 1 amide bonds. The molecule has 0 aliphatic heterocycles. The molecule has 0 saturated carbocycles. The molecule has 0 unspecified atom stereocenters. The first-order valence-electron chi connectivity index (χ1n) is 5.57. The van der Waals surface area contributed by atoms with Crippen molar-refractivity contribution in [3.8, 4) is 0 Å². The van der Waals surface area contributed by atoms with Crippen LogP contribution in [0.15, 0.2) is 24.3 Å². The van der Waals surface area contributed by atoms with E-state index < -0.39 is 0 Å². The number of hydrogen-bond donors (Lipinski definition) is 2. The van der Waals surface area contributed by atoms with Crippen molar-refractivity contribution >= 4 is 11.6 Å². The molecule has 0 atom stereocenters. The van der Waals surface area contributed by atoms with Crippen molar-refractivity contribution in [3.05, 3.63) is 29.8 Å². The second kappa shape index (κ2) is 7.74. The van der Waals surface area contributed by atoms with Crippen molar-refractivity contribution in [2.24, 2.45) is 5.73 Å². The van der Waals surface area contributed by atoms with E-state index in [0.717, 1.165) is 0 Å². The van der Waals surface area contributed by atoms with Gasteiger partial charge < -0.3 is 11.1 Å². The summed E-state index contributed by atoms with van der Waals surface area (Å²) in [6, 6.07) is 8.84. The number of carbonyl (C=O) groups is 1. The molecule has 0 aliphatic rings. The molecule has 0 fully saturated rings. The molecule has 0 radical (unpaired) electrons. The second-order valence-electron chi connectivity index (χ2n) is 3.93. The quantitative estimate of drug-likeness (QED) is 0.826. The summed E-state index contributed by atoms with van der Waals surface area (Å²) in [5.41, 5.74) is 7.20. The van der Waals surface area contributed by atoms with Crippen molar-refractivity contribution in [2.75, 3.05) is 5.32 Å². The molecule has 90 valence electrons. The number of primary amides is 1. The number of carbonyl (C=O) groups excluding carboxylic acids is 1. The number of aryl methyl sites for hydroxylation is 1. The van der Waals surface area contributed by atoms with Crippen LogP contribution in [0.4, 0.5) is 5.69 Å². The lowest BCUT2D eigenvalue weighted by atomic mass is 10.2. The van der Waals surface area contributed by atoms with Crippen molar-refractivity contribution in [1.82, 2.24) is 0 Å². The average Bonchev–Trinajstić information content (AvgIpc) is 2.22. The molecule has 0 spiro atoms. The number of nitrogens with one attached hydrogen (secondary N) is 1. The molecule has 0 aromatic heterocycles. The van der Waals surface area contributed by atoms with Gasteiger partial charge in [0, 0.05) is 18.2 Å². The third-order valence-electron chi connectivity index (χ3n) is 1.94. The van der Waals surface area contributed by atoms with Crippen LogP contribution in [0.5, 0.6) is 0 Å². The van der Waals surface area contributed by atoms with Crippen LogP contribution in [-0.2, 0) is 4.79 Å². The summed E-state index contributed by atoms with van der Waals surface area (Å²) in [6.07, 6.45) is 0.444. The van der Waals surface area contributed by atoms with Gasteiger partial charge in [0.25, 0.3) is 0 Å². The highest BCUT2D eigenvalue weighted by atomic mass is 16.1. The monoisotopic (exact) mass is 222 g/mol. The molecule has 3 heteroatoms. The number of hydrogen-bond acceptors (Lipinski definition) is 2. The van der Waals surface area contributed by atoms with Crippen LogP contribution in [0, 0.1) is 6.92 Å². The van der Waals surface area contributed by atoms with Gasteiger partial charge in [0.1, 0.15) is 0 Å². The maximum Gasteiger partial charge on any atom is 0.217 e. The predicted octanol–water partition coefficient (Wildman–Crippen LogP) is 2.70. The first-order valence-corrected chi connectivity index (χ1v) is 5.57. The summed E-state index contributed by atoms with van der Waals surface area (Å²) in [5.74, 6) is -0.245. The molecule has 3 nitrogen and oxygen atoms in total. The molecule has 0 aliphatic carbocycles. The van der Waals surface area contributed by atoms with E-state index in [0.29, 0.717) is 12.5 Å². The zero-order valence-corrected chi connectivity index (χ0v) is 10.6. The molecule has 16 heavy (non-hydrogen) atoms. The van der Waals surface area contributed by atoms with Gasteiger partial charge in [-0.05, 0) is 32.4 Å². The number of benzene rings is 1. The van der Waals surface area contributed by atoms with Crippen LogP contribution in [0.3, 0.4) is 0 Å². The molecule has 1 aromatic carbocycles. The number of anilines is 1. The fraction of sp³-hybridized carbons (Fsp3) is 0.462. The third kappa shape index (κ3) is 6.87. The van der Waals surface area contributed by atoms with Crippen LogP contribution in [-0.4, -0.2) is 11.9 Å². The number of rotatable bonds is 3. The maximum absolute atomic E-state index is 9.59. The number of amides is 1. The predicted molar refractivity (Wildman–Crippen MR) is 69.4 cm³/mol. The molecular formula is C13H22N2O. The van der Waals surface area contributed by atoms with E-state index >= 15 is 0 Å². The minimum Gasteiger partial charge on any atom is -0.383 e. The van der Waals surface area contributed by atoms with Gasteiger partial charge in [0.2, 0.25) is 5.91 Å². The smallest absolute Gasteiger partial charge is 0.217 e. The molecule has 0 heterocycles. The van der Waals surface area contributed by atoms with E-state index in [4.69, 9.17) is 0 Å². The summed E-state index contributed by atoms with van der Waals surface area (Å²) in [5, 5.41) is 3.37. The Kier molecular flexibility index (Phi) is 7.01. The van der Waals surface area contributed by atoms with E-state index in [2.05, 4.69) is 56.1 Å². The summed E-state index contributed by atoms with van der Waals surface area (Å²) in [4.78, 5) is 9.59. The van der Waals surface area contributed by atoms with Gasteiger partial charge in [-0.3, -0.25) is 4.79 Å². The van der Waals surface area contributed by atoms with Gasteiger partial charge >= 0.3 is 0 Å². The fourth-order valence-electron chi connectivity index (χ4n) is 1.05. The second-order valence-corrected chi connectivity index (χ2v) is 3.93. The van der Waals surface area contributed by atoms with Gasteiger partial charge in [-0.25, -0.2) is 0 Å². The van der Waals surface area contributed by atoms with Crippen molar-refractivity contribution in [1.29, 1.82) is 0 Å². The Morgan fingerprint density at radius 2 is 1.88 bits per heavy atom. The molecule has 3 N–H and O–H groups in total. The molecule has 0 bridgehead atoms. The van der Waals surface area contributed by atoms with Gasteiger partial charge in [-0.1, -0.05) is 25.1 Å². The summed E-state index contributed by atoms with van der Waals surface area (Å²) in [7, 11) is 0. The Morgan fingerprint density at radius 3 is 2.25 bits per heavy atom. The van der Waals surface area contributed by atoms with Gasteiger partial charge in [0.05, 0.1) is 0 Å². The van der Waals surface area contributed by atoms with Crippen LogP contribution in [0.2, 0.25) is 0 Å². The molecule has 1 rings (SSSR count). The Bertz CT molecular complexity index is 321. The minimum absolute atomic E-state index is 0.245. The summed E-state index contributed by atoms with van der Waals surface area (Å²) >= 11 is 0. The van der Waals surface area contributed by atoms with Gasteiger partial charge in [0.15, 0.2) is 0 Å². The topological polar surface area (TPSA) is 55.1 Å². The van der Waals surface area contributed by atoms with E-state index in [9.17, 15) is 4.79 Å². The van der Waals surface area contributed by atoms with E-state index in [-0.39, 0.29) is 5.91 Å². The van der Waals surface area contributed by atoms with Crippen LogP contribution in [0.1, 0.15) is 32.8 Å². The summed E-state index contributed by atoms with van der Waals surface area (Å²) < 4.78 is 0. The first-order chi connectivity index (χ1) is 7.47. The highest BCUT2D eigenvalue weighted by Crippen LogP contribution is 2.13. The Hall–Kier alpha value is -1.51. The van der Waals surface area contributed by atoms with Crippen LogP contribution < -0.4 is 11.1 Å². The zero-order chi connectivity index (χ0) is 12.6. The Morgan fingerprint density at radius 1 is 1.38 bits per heavy atom. The Labute approximate surface area is 98.0 Å².